The van der Waals surface area contributed by atoms with Crippen LogP contribution in [0.25, 0.3) is 0 Å². The van der Waals surface area contributed by atoms with E-state index in [1.165, 1.54) is 45.4 Å². The van der Waals surface area contributed by atoms with Gasteiger partial charge in [0.2, 0.25) is 0 Å². The van der Waals surface area contributed by atoms with Crippen molar-refractivity contribution in [1.82, 2.24) is 9.80 Å². The molecular formula is C12H26N2. The Morgan fingerprint density at radius 3 is 2.21 bits per heavy atom. The van der Waals surface area contributed by atoms with E-state index in [0.29, 0.717) is 5.54 Å². The highest BCUT2D eigenvalue weighted by Crippen LogP contribution is 2.12. The summed E-state index contributed by atoms with van der Waals surface area (Å²) in [6, 6.07) is 0. The van der Waals surface area contributed by atoms with Gasteiger partial charge in [-0.1, -0.05) is 0 Å². The Bertz CT molecular complexity index is 154. The topological polar surface area (TPSA) is 6.48 Å². The highest BCUT2D eigenvalue weighted by Gasteiger charge is 2.17. The van der Waals surface area contributed by atoms with Gasteiger partial charge >= 0.3 is 0 Å². The normalized spacial score (nSPS) is 19.5. The molecule has 84 valence electrons. The predicted octanol–water partition coefficient (Wildman–Crippen LogP) is 2.20. The Hall–Kier alpha value is -0.0800. The lowest BCUT2D eigenvalue weighted by atomic mass is 10.1. The summed E-state index contributed by atoms with van der Waals surface area (Å²) in [5.74, 6) is 0. The lowest BCUT2D eigenvalue weighted by Gasteiger charge is -2.32. The second-order valence-electron chi connectivity index (χ2n) is 5.49. The SMILES string of the molecule is CN(CCCN1CCCC1)C(C)(C)C. The van der Waals surface area contributed by atoms with Crippen LogP contribution in [0.15, 0.2) is 0 Å². The largest absolute Gasteiger partial charge is 0.303 e. The van der Waals surface area contributed by atoms with E-state index < -0.39 is 0 Å². The van der Waals surface area contributed by atoms with E-state index in [1.807, 2.05) is 0 Å². The molecule has 1 aliphatic rings. The highest BCUT2D eigenvalue weighted by molar-refractivity contribution is 4.73. The fourth-order valence-electron chi connectivity index (χ4n) is 1.87. The Labute approximate surface area is 89.3 Å². The second-order valence-corrected chi connectivity index (χ2v) is 5.49. The third-order valence-corrected chi connectivity index (χ3v) is 3.31. The van der Waals surface area contributed by atoms with Crippen molar-refractivity contribution in [2.24, 2.45) is 0 Å². The molecule has 1 fully saturated rings. The van der Waals surface area contributed by atoms with Gasteiger partial charge in [-0.05, 0) is 73.3 Å². The van der Waals surface area contributed by atoms with Crippen molar-refractivity contribution in [2.75, 3.05) is 33.2 Å². The van der Waals surface area contributed by atoms with E-state index in [4.69, 9.17) is 0 Å². The molecule has 1 heterocycles. The lowest BCUT2D eigenvalue weighted by molar-refractivity contribution is 0.165. The summed E-state index contributed by atoms with van der Waals surface area (Å²) in [5.41, 5.74) is 0.324. The number of likely N-dealkylation sites (tertiary alicyclic amines) is 1. The van der Waals surface area contributed by atoms with Crippen molar-refractivity contribution in [1.29, 1.82) is 0 Å². The van der Waals surface area contributed by atoms with Gasteiger partial charge in [0.15, 0.2) is 0 Å². The van der Waals surface area contributed by atoms with Gasteiger partial charge in [-0.15, -0.1) is 0 Å². The summed E-state index contributed by atoms with van der Waals surface area (Å²) in [4.78, 5) is 5.04. The second kappa shape index (κ2) is 5.13. The standard InChI is InChI=1S/C12H26N2/c1-12(2,3)13(4)8-7-11-14-9-5-6-10-14/h5-11H2,1-4H3. The summed E-state index contributed by atoms with van der Waals surface area (Å²) < 4.78 is 0. The molecule has 1 aliphatic heterocycles. The first-order chi connectivity index (χ1) is 6.50. The van der Waals surface area contributed by atoms with Gasteiger partial charge in [0.05, 0.1) is 0 Å². The molecule has 1 saturated heterocycles. The molecule has 2 nitrogen and oxygen atoms in total. The summed E-state index contributed by atoms with van der Waals surface area (Å²) >= 11 is 0. The van der Waals surface area contributed by atoms with Gasteiger partial charge in [-0.3, -0.25) is 0 Å². The van der Waals surface area contributed by atoms with Crippen LogP contribution in [0.1, 0.15) is 40.0 Å². The van der Waals surface area contributed by atoms with Crippen LogP contribution < -0.4 is 0 Å². The molecule has 14 heavy (non-hydrogen) atoms. The number of hydrogen-bond acceptors (Lipinski definition) is 2. The Kier molecular flexibility index (Phi) is 4.39. The molecule has 0 bridgehead atoms. The molecule has 0 atom stereocenters. The van der Waals surface area contributed by atoms with Gasteiger partial charge in [0.1, 0.15) is 0 Å². The van der Waals surface area contributed by atoms with Crippen molar-refractivity contribution < 1.29 is 0 Å². The van der Waals surface area contributed by atoms with E-state index in [2.05, 4.69) is 37.6 Å². The van der Waals surface area contributed by atoms with Crippen molar-refractivity contribution >= 4 is 0 Å². The maximum absolute atomic E-state index is 2.59. The maximum atomic E-state index is 2.59. The summed E-state index contributed by atoms with van der Waals surface area (Å²) in [6.45, 7) is 12.0. The van der Waals surface area contributed by atoms with Crippen molar-refractivity contribution in [2.45, 2.75) is 45.6 Å². The fourth-order valence-corrected chi connectivity index (χ4v) is 1.87. The molecule has 0 aromatic carbocycles. The smallest absolute Gasteiger partial charge is 0.0122 e. The van der Waals surface area contributed by atoms with Gasteiger partial charge in [-0.25, -0.2) is 0 Å². The zero-order chi connectivity index (χ0) is 10.6. The molecule has 0 N–H and O–H groups in total. The van der Waals surface area contributed by atoms with Crippen LogP contribution in [0.2, 0.25) is 0 Å². The van der Waals surface area contributed by atoms with Crippen LogP contribution in [-0.4, -0.2) is 48.6 Å². The van der Waals surface area contributed by atoms with Crippen LogP contribution in [0.4, 0.5) is 0 Å². The molecular weight excluding hydrogens is 172 g/mol. The van der Waals surface area contributed by atoms with Crippen LogP contribution >= 0.6 is 0 Å². The predicted molar refractivity (Wildman–Crippen MR) is 62.7 cm³/mol. The minimum atomic E-state index is 0.324. The van der Waals surface area contributed by atoms with Crippen LogP contribution in [0.5, 0.6) is 0 Å². The third-order valence-electron chi connectivity index (χ3n) is 3.31. The van der Waals surface area contributed by atoms with E-state index in [1.54, 1.807) is 0 Å². The van der Waals surface area contributed by atoms with Gasteiger partial charge in [0.25, 0.3) is 0 Å². The monoisotopic (exact) mass is 198 g/mol. The zero-order valence-electron chi connectivity index (χ0n) is 10.3. The summed E-state index contributed by atoms with van der Waals surface area (Å²) in [5, 5.41) is 0. The van der Waals surface area contributed by atoms with Crippen LogP contribution in [0.3, 0.4) is 0 Å². The number of nitrogens with zero attached hydrogens (tertiary/aromatic N) is 2. The highest BCUT2D eigenvalue weighted by atomic mass is 15.2. The summed E-state index contributed by atoms with van der Waals surface area (Å²) in [6.07, 6.45) is 4.14. The minimum absolute atomic E-state index is 0.324. The Balaban J connectivity index is 2.08. The number of rotatable bonds is 4. The molecule has 0 amide bonds. The lowest BCUT2D eigenvalue weighted by Crippen LogP contribution is -2.39. The average molecular weight is 198 g/mol. The molecule has 1 rings (SSSR count). The van der Waals surface area contributed by atoms with E-state index in [-0.39, 0.29) is 0 Å². The fraction of sp³-hybridized carbons (Fsp3) is 1.00. The van der Waals surface area contributed by atoms with Gasteiger partial charge in [-0.2, -0.15) is 0 Å². The molecule has 0 aromatic heterocycles. The van der Waals surface area contributed by atoms with Crippen molar-refractivity contribution in [3.8, 4) is 0 Å². The van der Waals surface area contributed by atoms with Crippen LogP contribution in [0, 0.1) is 0 Å². The van der Waals surface area contributed by atoms with Gasteiger partial charge < -0.3 is 9.80 Å². The van der Waals surface area contributed by atoms with E-state index >= 15 is 0 Å². The first kappa shape index (κ1) is 12.0. The molecule has 2 heteroatoms. The molecule has 0 unspecified atom stereocenters. The quantitative estimate of drug-likeness (QED) is 0.683. The summed E-state index contributed by atoms with van der Waals surface area (Å²) in [7, 11) is 2.23. The third kappa shape index (κ3) is 3.97. The molecule has 0 radical (unpaired) electrons. The number of hydrogen-bond donors (Lipinski definition) is 0. The van der Waals surface area contributed by atoms with Crippen molar-refractivity contribution in [3.05, 3.63) is 0 Å². The van der Waals surface area contributed by atoms with Gasteiger partial charge in [0, 0.05) is 5.54 Å². The molecule has 0 spiro atoms. The Morgan fingerprint density at radius 2 is 1.71 bits per heavy atom. The average Bonchev–Trinajstić information content (AvgIpc) is 2.55. The molecule has 0 aromatic rings. The molecule has 0 aliphatic carbocycles. The van der Waals surface area contributed by atoms with E-state index in [0.717, 1.165) is 0 Å². The zero-order valence-corrected chi connectivity index (χ0v) is 10.3. The van der Waals surface area contributed by atoms with Crippen LogP contribution in [-0.2, 0) is 0 Å². The maximum Gasteiger partial charge on any atom is 0.0122 e. The van der Waals surface area contributed by atoms with E-state index in [9.17, 15) is 0 Å². The first-order valence-corrected chi connectivity index (χ1v) is 5.94. The first-order valence-electron chi connectivity index (χ1n) is 5.94. The Morgan fingerprint density at radius 1 is 1.14 bits per heavy atom. The molecule has 0 saturated carbocycles. The van der Waals surface area contributed by atoms with Crippen molar-refractivity contribution in [3.63, 3.8) is 0 Å². The minimum Gasteiger partial charge on any atom is -0.303 e.